The molecule has 254 valence electrons. The van der Waals surface area contributed by atoms with Crippen LogP contribution in [0.3, 0.4) is 0 Å². The molecule has 15 heteroatoms. The van der Waals surface area contributed by atoms with Gasteiger partial charge in [0.1, 0.15) is 23.7 Å². The highest BCUT2D eigenvalue weighted by molar-refractivity contribution is 5.89. The van der Waals surface area contributed by atoms with Gasteiger partial charge in [-0.1, -0.05) is 36.4 Å². The molecule has 2 aliphatic rings. The number of carbonyl (C=O) groups is 1. The van der Waals surface area contributed by atoms with Gasteiger partial charge in [0.05, 0.1) is 0 Å². The summed E-state index contributed by atoms with van der Waals surface area (Å²) < 4.78 is 4.86. The van der Waals surface area contributed by atoms with Crippen molar-refractivity contribution in [3.63, 3.8) is 0 Å². The van der Waals surface area contributed by atoms with Crippen LogP contribution in [0.2, 0.25) is 0 Å². The van der Waals surface area contributed by atoms with Crippen molar-refractivity contribution in [3.05, 3.63) is 113 Å². The Morgan fingerprint density at radius 2 is 1.12 bits per heavy atom. The number of hydrazine groups is 1. The summed E-state index contributed by atoms with van der Waals surface area (Å²) in [5.41, 5.74) is 7.20. The zero-order valence-electron chi connectivity index (χ0n) is 28.3. The Morgan fingerprint density at radius 3 is 1.57 bits per heavy atom. The number of nitrogens with zero attached hydrogens (tertiary/aromatic N) is 8. The molecular formula is C34H38N10O5. The third-order valence-corrected chi connectivity index (χ3v) is 8.93. The minimum Gasteiger partial charge on any atom is -0.399 e. The summed E-state index contributed by atoms with van der Waals surface area (Å²) in [5, 5.41) is 6.32. The zero-order chi connectivity index (χ0) is 35.5. The van der Waals surface area contributed by atoms with Crippen molar-refractivity contribution in [3.8, 4) is 0 Å². The maximum atomic E-state index is 13.8. The molecule has 0 spiro atoms. The summed E-state index contributed by atoms with van der Waals surface area (Å²) in [4.78, 5) is 69.6. The van der Waals surface area contributed by atoms with Gasteiger partial charge in [-0.05, 0) is 47.5 Å². The number of hydrogen-bond donors (Lipinski definition) is 2. The molecule has 4 aromatic rings. The third-order valence-electron chi connectivity index (χ3n) is 8.93. The summed E-state index contributed by atoms with van der Waals surface area (Å²) >= 11 is 0. The number of likely N-dealkylation sites (N-methyl/N-ethyl adjacent to an activating group) is 2. The van der Waals surface area contributed by atoms with Crippen molar-refractivity contribution in [2.45, 2.75) is 19.3 Å². The van der Waals surface area contributed by atoms with Crippen LogP contribution >= 0.6 is 0 Å². The fourth-order valence-corrected chi connectivity index (χ4v) is 6.48. The molecule has 15 nitrogen and oxygen atoms in total. The Balaban J connectivity index is 1.62. The van der Waals surface area contributed by atoms with Gasteiger partial charge in [0, 0.05) is 60.6 Å². The first-order valence-corrected chi connectivity index (χ1v) is 15.5. The van der Waals surface area contributed by atoms with E-state index in [9.17, 15) is 24.0 Å². The summed E-state index contributed by atoms with van der Waals surface area (Å²) in [6.45, 7) is 1.43. The molecule has 2 aliphatic heterocycles. The van der Waals surface area contributed by atoms with Gasteiger partial charge in [0.15, 0.2) is 11.6 Å². The minimum atomic E-state index is -0.734. The molecule has 3 N–H and O–H groups in total. The van der Waals surface area contributed by atoms with Gasteiger partial charge in [0.25, 0.3) is 11.1 Å². The quantitative estimate of drug-likeness (QED) is 0.287. The van der Waals surface area contributed by atoms with Gasteiger partial charge in [-0.3, -0.25) is 32.7 Å². The summed E-state index contributed by atoms with van der Waals surface area (Å²) in [5.74, 6) is 0.341. The van der Waals surface area contributed by atoms with E-state index < -0.39 is 34.8 Å². The number of anilines is 6. The van der Waals surface area contributed by atoms with Crippen molar-refractivity contribution in [1.82, 2.24) is 18.3 Å². The summed E-state index contributed by atoms with van der Waals surface area (Å²) in [7, 11) is 9.49. The number of fused-ring (bicyclic) bond motifs is 2. The Morgan fingerprint density at radius 1 is 0.673 bits per heavy atom. The average Bonchev–Trinajstić information content (AvgIpc) is 3.51. The molecule has 1 amide bonds. The second-order valence-corrected chi connectivity index (χ2v) is 12.2. The second-order valence-electron chi connectivity index (χ2n) is 12.2. The molecule has 4 heterocycles. The van der Waals surface area contributed by atoms with E-state index in [1.54, 1.807) is 60.1 Å². The van der Waals surface area contributed by atoms with Gasteiger partial charge >= 0.3 is 11.4 Å². The molecule has 0 bridgehead atoms. The number of amides is 1. The number of nitrogen functional groups attached to an aromatic ring is 1. The van der Waals surface area contributed by atoms with E-state index in [-0.39, 0.29) is 28.9 Å². The van der Waals surface area contributed by atoms with E-state index >= 15 is 0 Å². The summed E-state index contributed by atoms with van der Waals surface area (Å²) in [6, 6.07) is 14.6. The van der Waals surface area contributed by atoms with Crippen molar-refractivity contribution < 1.29 is 4.79 Å². The highest BCUT2D eigenvalue weighted by atomic mass is 16.2. The average molecular weight is 667 g/mol. The van der Waals surface area contributed by atoms with Crippen LogP contribution in [-0.2, 0) is 33.0 Å². The maximum Gasteiger partial charge on any atom is 0.332 e. The lowest BCUT2D eigenvalue weighted by atomic mass is 10.1. The number of hydrogen-bond acceptors (Lipinski definition) is 10. The Hall–Kier alpha value is -6.25. The normalized spacial score (nSPS) is 17.0. The number of benzene rings is 2. The second kappa shape index (κ2) is 12.1. The van der Waals surface area contributed by atoms with Gasteiger partial charge in [-0.2, -0.15) is 0 Å². The first-order chi connectivity index (χ1) is 23.2. The third kappa shape index (κ3) is 5.28. The monoisotopic (exact) mass is 666 g/mol. The van der Waals surface area contributed by atoms with Crippen molar-refractivity contribution >= 4 is 52.4 Å². The van der Waals surface area contributed by atoms with Crippen LogP contribution < -0.4 is 53.4 Å². The van der Waals surface area contributed by atoms with Crippen LogP contribution in [-0.4, -0.2) is 50.6 Å². The van der Waals surface area contributed by atoms with Crippen molar-refractivity contribution in [1.29, 1.82) is 0 Å². The molecule has 2 atom stereocenters. The Labute approximate surface area is 281 Å². The van der Waals surface area contributed by atoms with E-state index in [4.69, 9.17) is 5.73 Å². The molecule has 2 unspecified atom stereocenters. The van der Waals surface area contributed by atoms with E-state index in [0.29, 0.717) is 11.4 Å². The van der Waals surface area contributed by atoms with E-state index in [1.807, 2.05) is 60.7 Å². The zero-order valence-corrected chi connectivity index (χ0v) is 28.3. The van der Waals surface area contributed by atoms with Gasteiger partial charge in [-0.15, -0.1) is 0 Å². The highest BCUT2D eigenvalue weighted by Crippen LogP contribution is 2.44. The molecule has 0 saturated heterocycles. The van der Waals surface area contributed by atoms with Gasteiger partial charge < -0.3 is 20.9 Å². The van der Waals surface area contributed by atoms with Crippen molar-refractivity contribution in [2.24, 2.45) is 28.2 Å². The van der Waals surface area contributed by atoms with Crippen LogP contribution in [0.4, 0.5) is 34.4 Å². The lowest BCUT2D eigenvalue weighted by Crippen LogP contribution is -2.57. The summed E-state index contributed by atoms with van der Waals surface area (Å²) in [6.07, 6.45) is 5.98. The van der Waals surface area contributed by atoms with E-state index in [1.165, 1.54) is 30.2 Å². The predicted molar refractivity (Wildman–Crippen MR) is 193 cm³/mol. The van der Waals surface area contributed by atoms with Gasteiger partial charge in [-0.25, -0.2) is 19.6 Å². The molecule has 0 saturated carbocycles. The fraction of sp³-hybridized carbons (Fsp3) is 0.265. The lowest BCUT2D eigenvalue weighted by Gasteiger charge is -2.40. The highest BCUT2D eigenvalue weighted by Gasteiger charge is 2.48. The SMILES string of the molecule is CC(=O)Nc1cccc(C=CC2N(C)c3c(n(C)c(=O)n(C)c3=O)N2N2c3c(c(=O)n(C)c(=O)n3C)N(C)C2C=Cc2cccc(N)c2)c1. The molecular weight excluding hydrogens is 628 g/mol. The number of aromatic nitrogens is 4. The maximum absolute atomic E-state index is 13.8. The Kier molecular flexibility index (Phi) is 8.06. The first-order valence-electron chi connectivity index (χ1n) is 15.5. The number of rotatable bonds is 6. The van der Waals surface area contributed by atoms with Crippen LogP contribution in [0.1, 0.15) is 18.1 Å². The van der Waals surface area contributed by atoms with E-state index in [0.717, 1.165) is 20.3 Å². The molecule has 0 aliphatic carbocycles. The first kappa shape index (κ1) is 32.7. The molecule has 2 aromatic heterocycles. The van der Waals surface area contributed by atoms with Crippen LogP contribution in [0.25, 0.3) is 12.2 Å². The van der Waals surface area contributed by atoms with Crippen molar-refractivity contribution in [2.75, 3.05) is 45.0 Å². The van der Waals surface area contributed by atoms with Crippen LogP contribution in [0, 0.1) is 0 Å². The smallest absolute Gasteiger partial charge is 0.332 e. The van der Waals surface area contributed by atoms with Gasteiger partial charge in [0.2, 0.25) is 5.91 Å². The molecule has 6 rings (SSSR count). The Bertz CT molecular complexity index is 2310. The molecule has 0 fully saturated rings. The van der Waals surface area contributed by atoms with Crippen LogP contribution in [0.5, 0.6) is 0 Å². The standard InChI is InChI=1S/C34H38N10O5/c1-20(45)36-24-13-9-11-22(19-24)15-17-26-38(3)28-30(40(5)34(49)42(7)32(28)47)44(26)43-25(16-14-21-10-8-12-23(35)18-21)37(2)27-29(43)39(4)33(48)41(6)31(27)46/h8-19,25-26H,35H2,1-7H3,(H,36,45). The lowest BCUT2D eigenvalue weighted by molar-refractivity contribution is -0.114. The number of nitrogens with one attached hydrogen (secondary N) is 1. The largest absolute Gasteiger partial charge is 0.399 e. The van der Waals surface area contributed by atoms with Crippen LogP contribution in [0.15, 0.2) is 79.9 Å². The van der Waals surface area contributed by atoms with E-state index in [2.05, 4.69) is 5.32 Å². The minimum absolute atomic E-state index is 0.207. The number of carbonyl (C=O) groups excluding carboxylic acids is 1. The number of nitrogens with two attached hydrogens (primary N) is 1. The molecule has 49 heavy (non-hydrogen) atoms. The fourth-order valence-electron chi connectivity index (χ4n) is 6.48. The topological polar surface area (TPSA) is 156 Å². The predicted octanol–water partition coefficient (Wildman–Crippen LogP) is 1.23. The molecule has 2 aromatic carbocycles. The molecule has 0 radical (unpaired) electrons.